The Bertz CT molecular complexity index is 1120. The largest absolute Gasteiger partial charge is 0.417 e. The predicted molar refractivity (Wildman–Crippen MR) is 113 cm³/mol. The Morgan fingerprint density at radius 1 is 1.17 bits per heavy atom. The highest BCUT2D eigenvalue weighted by molar-refractivity contribution is 8.15. The molecule has 2 heterocycles. The number of hydrogen-bond donors (Lipinski definition) is 1. The molecule has 154 valence electrons. The summed E-state index contributed by atoms with van der Waals surface area (Å²) in [6.45, 7) is 0. The first-order chi connectivity index (χ1) is 14.2. The number of anilines is 1. The number of rotatable bonds is 4. The van der Waals surface area contributed by atoms with Crippen LogP contribution in [0, 0.1) is 5.41 Å². The van der Waals surface area contributed by atoms with E-state index >= 15 is 0 Å². The molecule has 1 aliphatic rings. The molecule has 1 N–H and O–H groups in total. The number of amidine groups is 1. The molecule has 0 aliphatic carbocycles. The van der Waals surface area contributed by atoms with Crippen molar-refractivity contribution < 1.29 is 18.0 Å². The number of thioether (sulfide) groups is 1. The Morgan fingerprint density at radius 3 is 2.60 bits per heavy atom. The van der Waals surface area contributed by atoms with Gasteiger partial charge in [-0.3, -0.25) is 10.2 Å². The van der Waals surface area contributed by atoms with Crippen LogP contribution in [0.4, 0.5) is 18.3 Å². The molecule has 4 rings (SSSR count). The number of amides is 1. The van der Waals surface area contributed by atoms with Gasteiger partial charge >= 0.3 is 6.18 Å². The maximum absolute atomic E-state index is 13.1. The van der Waals surface area contributed by atoms with Crippen LogP contribution in [0.15, 0.2) is 54.7 Å². The summed E-state index contributed by atoms with van der Waals surface area (Å²) in [7, 11) is 0. The number of nitrogens with one attached hydrogen (secondary N) is 1. The highest BCUT2D eigenvalue weighted by Gasteiger charge is 2.40. The Labute approximate surface area is 183 Å². The average molecular weight is 468 g/mol. The van der Waals surface area contributed by atoms with E-state index in [1.54, 1.807) is 0 Å². The van der Waals surface area contributed by atoms with Crippen LogP contribution in [0.5, 0.6) is 0 Å². The van der Waals surface area contributed by atoms with Gasteiger partial charge in [0.2, 0.25) is 0 Å². The first-order valence-corrected chi connectivity index (χ1v) is 10.8. The number of halogens is 4. The maximum Gasteiger partial charge on any atom is 0.417 e. The fourth-order valence-corrected chi connectivity index (χ4v) is 5.28. The van der Waals surface area contributed by atoms with E-state index in [1.807, 2.05) is 30.3 Å². The van der Waals surface area contributed by atoms with Gasteiger partial charge in [-0.15, -0.1) is 11.3 Å². The highest BCUT2D eigenvalue weighted by Crippen LogP contribution is 2.42. The predicted octanol–water partition coefficient (Wildman–Crippen LogP) is 6.16. The van der Waals surface area contributed by atoms with Crippen molar-refractivity contribution in [1.82, 2.24) is 4.98 Å². The van der Waals surface area contributed by atoms with E-state index in [-0.39, 0.29) is 22.5 Å². The molecular weight excluding hydrogens is 455 g/mol. The van der Waals surface area contributed by atoms with Gasteiger partial charge in [0.05, 0.1) is 10.6 Å². The minimum Gasteiger partial charge on any atom is -0.278 e. The Hall–Kier alpha value is -2.36. The van der Waals surface area contributed by atoms with Crippen LogP contribution >= 0.6 is 34.7 Å². The SMILES string of the molecule is N=C1SC(c2ccccc2)C(=O)N1c1ncc(Cc2ccc(Cl)c(C(F)(F)F)c2)s1. The number of carbonyl (C=O) groups excluding carboxylic acids is 1. The number of aromatic nitrogens is 1. The monoisotopic (exact) mass is 467 g/mol. The van der Waals surface area contributed by atoms with Crippen molar-refractivity contribution in [3.63, 3.8) is 0 Å². The van der Waals surface area contributed by atoms with Crippen LogP contribution in [0.2, 0.25) is 5.02 Å². The van der Waals surface area contributed by atoms with Gasteiger partial charge in [0.25, 0.3) is 5.91 Å². The molecule has 0 saturated carbocycles. The second kappa shape index (κ2) is 8.05. The summed E-state index contributed by atoms with van der Waals surface area (Å²) in [6.07, 6.45) is -2.81. The van der Waals surface area contributed by atoms with Crippen LogP contribution in [0.3, 0.4) is 0 Å². The third-order valence-electron chi connectivity index (χ3n) is 4.43. The molecular formula is C20H13ClF3N3OS2. The quantitative estimate of drug-likeness (QED) is 0.499. The second-order valence-corrected chi connectivity index (χ2v) is 9.08. The maximum atomic E-state index is 13.1. The first kappa shape index (κ1) is 20.9. The van der Waals surface area contributed by atoms with Crippen LogP contribution in [-0.2, 0) is 17.4 Å². The Morgan fingerprint density at radius 2 is 1.90 bits per heavy atom. The van der Waals surface area contributed by atoms with Gasteiger partial charge in [-0.1, -0.05) is 59.8 Å². The van der Waals surface area contributed by atoms with Crippen molar-refractivity contribution in [2.45, 2.75) is 17.8 Å². The second-order valence-electron chi connectivity index (χ2n) is 6.49. The van der Waals surface area contributed by atoms with Gasteiger partial charge in [0.15, 0.2) is 10.3 Å². The molecule has 10 heteroatoms. The van der Waals surface area contributed by atoms with Crippen molar-refractivity contribution in [2.24, 2.45) is 0 Å². The molecule has 0 spiro atoms. The van der Waals surface area contributed by atoms with Crippen molar-refractivity contribution >= 4 is 50.9 Å². The molecule has 1 amide bonds. The number of carbonyl (C=O) groups is 1. The fraction of sp³-hybridized carbons (Fsp3) is 0.150. The zero-order valence-electron chi connectivity index (χ0n) is 15.1. The lowest BCUT2D eigenvalue weighted by molar-refractivity contribution is -0.137. The van der Waals surface area contributed by atoms with Crippen LogP contribution in [-0.4, -0.2) is 16.1 Å². The van der Waals surface area contributed by atoms with E-state index in [1.165, 1.54) is 34.6 Å². The van der Waals surface area contributed by atoms with Gasteiger partial charge in [0.1, 0.15) is 5.25 Å². The smallest absolute Gasteiger partial charge is 0.278 e. The van der Waals surface area contributed by atoms with Crippen LogP contribution in [0.25, 0.3) is 0 Å². The van der Waals surface area contributed by atoms with Crippen LogP contribution < -0.4 is 4.90 Å². The van der Waals surface area contributed by atoms with Crippen molar-refractivity contribution in [3.8, 4) is 0 Å². The minimum atomic E-state index is -4.54. The van der Waals surface area contributed by atoms with E-state index in [9.17, 15) is 18.0 Å². The summed E-state index contributed by atoms with van der Waals surface area (Å²) >= 11 is 7.98. The summed E-state index contributed by atoms with van der Waals surface area (Å²) < 4.78 is 39.2. The summed E-state index contributed by atoms with van der Waals surface area (Å²) in [4.78, 5) is 19.0. The van der Waals surface area contributed by atoms with E-state index < -0.39 is 17.0 Å². The summed E-state index contributed by atoms with van der Waals surface area (Å²) in [5.74, 6) is -0.261. The third kappa shape index (κ3) is 4.10. The minimum absolute atomic E-state index is 0.0700. The fourth-order valence-electron chi connectivity index (χ4n) is 3.03. The molecule has 1 fully saturated rings. The molecule has 4 nitrogen and oxygen atoms in total. The molecule has 1 saturated heterocycles. The number of benzene rings is 2. The summed E-state index contributed by atoms with van der Waals surface area (Å²) in [5.41, 5.74) is 0.351. The Kier molecular flexibility index (Phi) is 5.61. The molecule has 30 heavy (non-hydrogen) atoms. The summed E-state index contributed by atoms with van der Waals surface area (Å²) in [5, 5.41) is 7.73. The topological polar surface area (TPSA) is 57.1 Å². The average Bonchev–Trinajstić information content (AvgIpc) is 3.26. The van der Waals surface area contributed by atoms with E-state index in [0.29, 0.717) is 15.6 Å². The zero-order chi connectivity index (χ0) is 21.5. The van der Waals surface area contributed by atoms with E-state index in [0.717, 1.165) is 23.4 Å². The third-order valence-corrected chi connectivity index (χ3v) is 6.85. The molecule has 1 aromatic heterocycles. The molecule has 3 aromatic rings. The lowest BCUT2D eigenvalue weighted by atomic mass is 10.1. The molecule has 1 atom stereocenters. The van der Waals surface area contributed by atoms with Gasteiger partial charge in [-0.2, -0.15) is 13.2 Å². The van der Waals surface area contributed by atoms with E-state index in [2.05, 4.69) is 4.98 Å². The van der Waals surface area contributed by atoms with Crippen molar-refractivity contribution in [2.75, 3.05) is 4.90 Å². The molecule has 1 unspecified atom stereocenters. The van der Waals surface area contributed by atoms with Gasteiger partial charge in [-0.05, 0) is 23.3 Å². The molecule has 1 aliphatic heterocycles. The van der Waals surface area contributed by atoms with Crippen molar-refractivity contribution in [3.05, 3.63) is 81.3 Å². The first-order valence-electron chi connectivity index (χ1n) is 8.68. The standard InChI is InChI=1S/C20H13ClF3N3OS2/c21-15-7-6-11(9-14(15)20(22,23)24)8-13-10-26-19(29-13)27-17(28)16(30-18(27)25)12-4-2-1-3-5-12/h1-7,9-10,16,25H,8H2. The van der Waals surface area contributed by atoms with Gasteiger partial charge in [0, 0.05) is 17.5 Å². The highest BCUT2D eigenvalue weighted by atomic mass is 35.5. The molecule has 0 radical (unpaired) electrons. The lowest BCUT2D eigenvalue weighted by Gasteiger charge is -2.11. The Balaban J connectivity index is 1.55. The molecule has 0 bridgehead atoms. The number of thiazole rings is 1. The zero-order valence-corrected chi connectivity index (χ0v) is 17.5. The van der Waals surface area contributed by atoms with E-state index in [4.69, 9.17) is 17.0 Å². The number of alkyl halides is 3. The number of hydrogen-bond acceptors (Lipinski definition) is 5. The molecule has 2 aromatic carbocycles. The van der Waals surface area contributed by atoms with Crippen LogP contribution in [0.1, 0.15) is 26.8 Å². The number of nitrogens with zero attached hydrogens (tertiary/aromatic N) is 2. The lowest BCUT2D eigenvalue weighted by Crippen LogP contribution is -2.29. The van der Waals surface area contributed by atoms with Gasteiger partial charge in [-0.25, -0.2) is 9.88 Å². The van der Waals surface area contributed by atoms with Gasteiger partial charge < -0.3 is 0 Å². The van der Waals surface area contributed by atoms with Crippen molar-refractivity contribution in [1.29, 1.82) is 5.41 Å². The normalized spacial score (nSPS) is 17.1. The summed E-state index contributed by atoms with van der Waals surface area (Å²) in [6, 6.07) is 13.0.